The number of rotatable bonds is 6. The maximum Gasteiger partial charge on any atom is 0.304 e. The molecule has 0 aliphatic carbocycles. The van der Waals surface area contributed by atoms with E-state index < -0.39 is 5.97 Å². The number of hydrogen-bond acceptors (Lipinski definition) is 6. The first-order valence-corrected chi connectivity index (χ1v) is 6.30. The topological polar surface area (TPSA) is 79.5 Å². The Morgan fingerprint density at radius 3 is 3.11 bits per heavy atom. The Hall–Kier alpha value is -1.73. The molecule has 2 aromatic heterocycles. The Morgan fingerprint density at radius 1 is 1.61 bits per heavy atom. The van der Waals surface area contributed by atoms with Gasteiger partial charge in [-0.15, -0.1) is 11.3 Å². The molecule has 0 unspecified atom stereocenters. The summed E-state index contributed by atoms with van der Waals surface area (Å²) >= 11 is 1.55. The van der Waals surface area contributed by atoms with Gasteiger partial charge in [-0.3, -0.25) is 9.69 Å². The van der Waals surface area contributed by atoms with Gasteiger partial charge in [-0.1, -0.05) is 11.2 Å². The lowest BCUT2D eigenvalue weighted by molar-refractivity contribution is -0.137. The molecule has 0 fully saturated rings. The number of nitrogens with zero attached hydrogens (tertiary/aromatic N) is 3. The van der Waals surface area contributed by atoms with Crippen molar-refractivity contribution >= 4 is 17.3 Å². The van der Waals surface area contributed by atoms with E-state index in [0.29, 0.717) is 24.8 Å². The van der Waals surface area contributed by atoms with E-state index >= 15 is 0 Å². The molecule has 0 aromatic carbocycles. The van der Waals surface area contributed by atoms with Crippen LogP contribution in [-0.2, 0) is 11.3 Å². The highest BCUT2D eigenvalue weighted by Gasteiger charge is 2.11. The monoisotopic (exact) mass is 267 g/mol. The molecule has 18 heavy (non-hydrogen) atoms. The zero-order chi connectivity index (χ0) is 13.0. The molecule has 0 aliphatic rings. The van der Waals surface area contributed by atoms with Crippen LogP contribution in [0.1, 0.15) is 12.3 Å². The fourth-order valence-corrected chi connectivity index (χ4v) is 2.07. The molecule has 0 radical (unpaired) electrons. The van der Waals surface area contributed by atoms with Gasteiger partial charge in [0.2, 0.25) is 11.7 Å². The number of aromatic nitrogens is 2. The molecular weight excluding hydrogens is 254 g/mol. The summed E-state index contributed by atoms with van der Waals surface area (Å²) in [7, 11) is 1.82. The van der Waals surface area contributed by atoms with Gasteiger partial charge in [-0.2, -0.15) is 4.98 Å². The van der Waals surface area contributed by atoms with Crippen LogP contribution in [0.25, 0.3) is 10.7 Å². The van der Waals surface area contributed by atoms with Crippen LogP contribution in [0.3, 0.4) is 0 Å². The molecule has 1 N–H and O–H groups in total. The highest BCUT2D eigenvalue weighted by molar-refractivity contribution is 7.13. The average Bonchev–Trinajstić information content (AvgIpc) is 2.95. The van der Waals surface area contributed by atoms with Gasteiger partial charge in [-0.25, -0.2) is 0 Å². The van der Waals surface area contributed by atoms with E-state index in [1.165, 1.54) is 0 Å². The molecule has 6 nitrogen and oxygen atoms in total. The van der Waals surface area contributed by atoms with E-state index in [1.807, 2.05) is 29.5 Å². The van der Waals surface area contributed by atoms with E-state index in [-0.39, 0.29) is 6.42 Å². The van der Waals surface area contributed by atoms with Gasteiger partial charge in [0.1, 0.15) is 0 Å². The van der Waals surface area contributed by atoms with Crippen molar-refractivity contribution in [2.24, 2.45) is 0 Å². The summed E-state index contributed by atoms with van der Waals surface area (Å²) in [6.45, 7) is 0.900. The Labute approximate surface area is 108 Å². The number of carbonyl (C=O) groups is 1. The molecule has 0 atom stereocenters. The smallest absolute Gasteiger partial charge is 0.304 e. The molecular formula is C11H13N3O3S. The molecule has 0 saturated carbocycles. The first-order valence-electron chi connectivity index (χ1n) is 5.42. The summed E-state index contributed by atoms with van der Waals surface area (Å²) in [5.41, 5.74) is 0. The Bertz CT molecular complexity index is 509. The summed E-state index contributed by atoms with van der Waals surface area (Å²) in [5, 5.41) is 14.4. The lowest BCUT2D eigenvalue weighted by atomic mass is 10.4. The molecule has 0 bridgehead atoms. The van der Waals surface area contributed by atoms with Crippen LogP contribution in [0.15, 0.2) is 22.0 Å². The van der Waals surface area contributed by atoms with E-state index in [1.54, 1.807) is 11.3 Å². The van der Waals surface area contributed by atoms with Gasteiger partial charge in [0.25, 0.3) is 0 Å². The van der Waals surface area contributed by atoms with Gasteiger partial charge >= 0.3 is 5.97 Å². The Morgan fingerprint density at radius 2 is 2.44 bits per heavy atom. The van der Waals surface area contributed by atoms with E-state index in [4.69, 9.17) is 9.63 Å². The summed E-state index contributed by atoms with van der Waals surface area (Å²) in [6, 6.07) is 3.85. The SMILES string of the molecule is CN(CCC(=O)O)Cc1nc(-c2cccs2)no1. The molecule has 0 aliphatic heterocycles. The second-order valence-electron chi connectivity index (χ2n) is 3.87. The fourth-order valence-electron chi connectivity index (χ4n) is 1.42. The predicted octanol–water partition coefficient (Wildman–Crippen LogP) is 1.70. The lowest BCUT2D eigenvalue weighted by Crippen LogP contribution is -2.21. The third-order valence-electron chi connectivity index (χ3n) is 2.32. The van der Waals surface area contributed by atoms with Crippen molar-refractivity contribution in [2.75, 3.05) is 13.6 Å². The van der Waals surface area contributed by atoms with Crippen LogP contribution < -0.4 is 0 Å². The average molecular weight is 267 g/mol. The van der Waals surface area contributed by atoms with Crippen molar-refractivity contribution in [2.45, 2.75) is 13.0 Å². The molecule has 7 heteroatoms. The van der Waals surface area contributed by atoms with Crippen LogP contribution in [0.5, 0.6) is 0 Å². The molecule has 96 valence electrons. The second kappa shape index (κ2) is 5.74. The van der Waals surface area contributed by atoms with Gasteiger partial charge < -0.3 is 9.63 Å². The van der Waals surface area contributed by atoms with Gasteiger partial charge in [0.05, 0.1) is 17.8 Å². The first kappa shape index (κ1) is 12.7. The zero-order valence-electron chi connectivity index (χ0n) is 9.87. The van der Waals surface area contributed by atoms with Crippen molar-refractivity contribution in [3.8, 4) is 10.7 Å². The third-order valence-corrected chi connectivity index (χ3v) is 3.19. The number of carboxylic acids is 1. The number of aliphatic carboxylic acids is 1. The van der Waals surface area contributed by atoms with Crippen LogP contribution >= 0.6 is 11.3 Å². The fraction of sp³-hybridized carbons (Fsp3) is 0.364. The molecule has 0 saturated heterocycles. The van der Waals surface area contributed by atoms with Crippen molar-refractivity contribution in [3.05, 3.63) is 23.4 Å². The quantitative estimate of drug-likeness (QED) is 0.858. The van der Waals surface area contributed by atoms with Gasteiger partial charge in [-0.05, 0) is 18.5 Å². The maximum atomic E-state index is 10.4. The van der Waals surface area contributed by atoms with Gasteiger partial charge in [0.15, 0.2) is 0 Å². The highest BCUT2D eigenvalue weighted by Crippen LogP contribution is 2.21. The number of carboxylic acid groups (broad SMARTS) is 1. The van der Waals surface area contributed by atoms with E-state index in [2.05, 4.69) is 10.1 Å². The lowest BCUT2D eigenvalue weighted by Gasteiger charge is -2.11. The maximum absolute atomic E-state index is 10.4. The van der Waals surface area contributed by atoms with Crippen molar-refractivity contribution < 1.29 is 14.4 Å². The van der Waals surface area contributed by atoms with Crippen molar-refractivity contribution in [1.29, 1.82) is 0 Å². The summed E-state index contributed by atoms with van der Waals surface area (Å²) in [5.74, 6) is 0.254. The Balaban J connectivity index is 1.92. The zero-order valence-corrected chi connectivity index (χ0v) is 10.7. The first-order chi connectivity index (χ1) is 8.65. The normalized spacial score (nSPS) is 11.0. The number of thiophene rings is 1. The number of hydrogen-bond donors (Lipinski definition) is 1. The Kier molecular flexibility index (Phi) is 4.06. The van der Waals surface area contributed by atoms with Crippen molar-refractivity contribution in [3.63, 3.8) is 0 Å². The van der Waals surface area contributed by atoms with E-state index in [0.717, 1.165) is 4.88 Å². The van der Waals surface area contributed by atoms with E-state index in [9.17, 15) is 4.79 Å². The summed E-state index contributed by atoms with van der Waals surface area (Å²) in [4.78, 5) is 17.5. The van der Waals surface area contributed by atoms with Crippen molar-refractivity contribution in [1.82, 2.24) is 15.0 Å². The summed E-state index contributed by atoms with van der Waals surface area (Å²) in [6.07, 6.45) is 0.0996. The molecule has 2 heterocycles. The second-order valence-corrected chi connectivity index (χ2v) is 4.82. The minimum Gasteiger partial charge on any atom is -0.481 e. The molecule has 0 amide bonds. The predicted molar refractivity (Wildman–Crippen MR) is 66.2 cm³/mol. The van der Waals surface area contributed by atoms with Crippen LogP contribution in [0, 0.1) is 0 Å². The third kappa shape index (κ3) is 3.38. The minimum absolute atomic E-state index is 0.0996. The van der Waals surface area contributed by atoms with Gasteiger partial charge in [0, 0.05) is 6.54 Å². The molecule has 0 spiro atoms. The van der Waals surface area contributed by atoms with Crippen LogP contribution in [0.4, 0.5) is 0 Å². The summed E-state index contributed by atoms with van der Waals surface area (Å²) < 4.78 is 5.12. The largest absolute Gasteiger partial charge is 0.481 e. The van der Waals surface area contributed by atoms with Crippen LogP contribution in [-0.4, -0.2) is 39.7 Å². The molecule has 2 rings (SSSR count). The standard InChI is InChI=1S/C11H13N3O3S/c1-14(5-4-10(15)16)7-9-12-11(13-17-9)8-3-2-6-18-8/h2-3,6H,4-5,7H2,1H3,(H,15,16). The molecule has 2 aromatic rings. The van der Waals surface area contributed by atoms with Crippen LogP contribution in [0.2, 0.25) is 0 Å². The highest BCUT2D eigenvalue weighted by atomic mass is 32.1. The minimum atomic E-state index is -0.813.